The number of carbonyl (C=O) groups excluding carboxylic acids is 2. The summed E-state index contributed by atoms with van der Waals surface area (Å²) in [5.74, 6) is -2.06. The van der Waals surface area contributed by atoms with Crippen molar-refractivity contribution in [2.24, 2.45) is 0 Å². The van der Waals surface area contributed by atoms with Crippen molar-refractivity contribution in [3.63, 3.8) is 0 Å². The van der Waals surface area contributed by atoms with E-state index in [1.807, 2.05) is 0 Å². The average Bonchev–Trinajstić information content (AvgIpc) is 2.53. The fourth-order valence-electron chi connectivity index (χ4n) is 2.30. The molecule has 1 saturated heterocycles. The molecule has 5 nitrogen and oxygen atoms in total. The highest BCUT2D eigenvalue weighted by atomic mass is 16.8. The highest BCUT2D eigenvalue weighted by Crippen LogP contribution is 2.39. The maximum atomic E-state index is 11.7. The van der Waals surface area contributed by atoms with Crippen LogP contribution in [0.25, 0.3) is 0 Å². The fourth-order valence-corrected chi connectivity index (χ4v) is 2.30. The number of hydrogen-bond acceptors (Lipinski definition) is 5. The van der Waals surface area contributed by atoms with Crippen molar-refractivity contribution in [1.29, 1.82) is 0 Å². The normalized spacial score (nSPS) is 24.2. The molecule has 0 N–H and O–H groups in total. The molecule has 1 spiro atoms. The van der Waals surface area contributed by atoms with Gasteiger partial charge in [0.05, 0.1) is 6.08 Å². The molecule has 0 atom stereocenters. The molecular formula is C14H20O5. The van der Waals surface area contributed by atoms with Crippen LogP contribution in [0.1, 0.15) is 52.9 Å². The van der Waals surface area contributed by atoms with Gasteiger partial charge in [-0.15, -0.1) is 0 Å². The second kappa shape index (κ2) is 4.87. The summed E-state index contributed by atoms with van der Waals surface area (Å²) in [5.41, 5.74) is -0.598. The first-order chi connectivity index (χ1) is 8.80. The maximum absolute atomic E-state index is 11.7. The van der Waals surface area contributed by atoms with E-state index in [-0.39, 0.29) is 5.76 Å². The molecule has 1 aliphatic carbocycles. The molecule has 2 aliphatic rings. The lowest BCUT2D eigenvalue weighted by molar-refractivity contribution is -0.182. The lowest BCUT2D eigenvalue weighted by Crippen LogP contribution is -2.32. The van der Waals surface area contributed by atoms with E-state index in [0.717, 1.165) is 25.3 Å². The summed E-state index contributed by atoms with van der Waals surface area (Å²) >= 11 is 0. The van der Waals surface area contributed by atoms with E-state index in [2.05, 4.69) is 0 Å². The van der Waals surface area contributed by atoms with Gasteiger partial charge in [-0.25, -0.2) is 9.59 Å². The van der Waals surface area contributed by atoms with Crippen LogP contribution in [0.2, 0.25) is 0 Å². The maximum Gasteiger partial charge on any atom is 0.377 e. The summed E-state index contributed by atoms with van der Waals surface area (Å²) in [6.45, 7) is 5.29. The summed E-state index contributed by atoms with van der Waals surface area (Å²) in [5, 5.41) is 0. The number of ether oxygens (including phenoxy) is 3. The molecule has 19 heavy (non-hydrogen) atoms. The topological polar surface area (TPSA) is 61.8 Å². The monoisotopic (exact) mass is 268 g/mol. The molecule has 106 valence electrons. The first-order valence-electron chi connectivity index (χ1n) is 6.67. The molecule has 2 fully saturated rings. The van der Waals surface area contributed by atoms with Crippen molar-refractivity contribution >= 4 is 11.9 Å². The van der Waals surface area contributed by atoms with Gasteiger partial charge in [-0.3, -0.25) is 0 Å². The molecule has 0 aromatic carbocycles. The van der Waals surface area contributed by atoms with Crippen LogP contribution >= 0.6 is 0 Å². The molecule has 1 aliphatic heterocycles. The van der Waals surface area contributed by atoms with E-state index in [1.54, 1.807) is 20.8 Å². The van der Waals surface area contributed by atoms with Crippen LogP contribution in [0, 0.1) is 0 Å². The van der Waals surface area contributed by atoms with Crippen LogP contribution in [0.4, 0.5) is 0 Å². The van der Waals surface area contributed by atoms with Gasteiger partial charge in [0.2, 0.25) is 5.76 Å². The van der Waals surface area contributed by atoms with Crippen molar-refractivity contribution in [3.05, 3.63) is 11.8 Å². The Kier molecular flexibility index (Phi) is 3.56. The minimum atomic E-state index is -0.844. The molecule has 0 amide bonds. The zero-order valence-electron chi connectivity index (χ0n) is 11.7. The average molecular weight is 268 g/mol. The molecule has 1 heterocycles. The Labute approximate surface area is 112 Å². The Morgan fingerprint density at radius 1 is 1.21 bits per heavy atom. The van der Waals surface area contributed by atoms with Crippen LogP contribution in [0.3, 0.4) is 0 Å². The molecule has 5 heteroatoms. The van der Waals surface area contributed by atoms with E-state index in [1.165, 1.54) is 0 Å². The van der Waals surface area contributed by atoms with Gasteiger partial charge >= 0.3 is 11.9 Å². The molecule has 0 radical (unpaired) electrons. The minimum absolute atomic E-state index is 0.0452. The van der Waals surface area contributed by atoms with Gasteiger partial charge in [-0.1, -0.05) is 6.42 Å². The van der Waals surface area contributed by atoms with E-state index in [4.69, 9.17) is 14.2 Å². The van der Waals surface area contributed by atoms with Crippen LogP contribution in [0.5, 0.6) is 0 Å². The Bertz CT molecular complexity index is 410. The summed E-state index contributed by atoms with van der Waals surface area (Å²) in [7, 11) is 0. The second-order valence-electron chi connectivity index (χ2n) is 6.00. The summed E-state index contributed by atoms with van der Waals surface area (Å²) < 4.78 is 16.0. The number of esters is 2. The van der Waals surface area contributed by atoms with Crippen molar-refractivity contribution in [2.75, 3.05) is 0 Å². The second-order valence-corrected chi connectivity index (χ2v) is 6.00. The quantitative estimate of drug-likeness (QED) is 0.540. The van der Waals surface area contributed by atoms with Crippen molar-refractivity contribution in [1.82, 2.24) is 0 Å². The lowest BCUT2D eigenvalue weighted by atomic mass is 9.94. The van der Waals surface area contributed by atoms with Gasteiger partial charge < -0.3 is 14.2 Å². The van der Waals surface area contributed by atoms with E-state index >= 15 is 0 Å². The molecule has 1 saturated carbocycles. The van der Waals surface area contributed by atoms with Gasteiger partial charge in [-0.2, -0.15) is 0 Å². The molecule has 0 unspecified atom stereocenters. The van der Waals surface area contributed by atoms with Crippen LogP contribution in [0.15, 0.2) is 11.8 Å². The highest BCUT2D eigenvalue weighted by molar-refractivity contribution is 5.96. The predicted octanol–water partition coefficient (Wildman–Crippen LogP) is 2.45. The first-order valence-corrected chi connectivity index (χ1v) is 6.67. The highest BCUT2D eigenvalue weighted by Gasteiger charge is 2.46. The Balaban J connectivity index is 2.05. The third-order valence-electron chi connectivity index (χ3n) is 3.05. The minimum Gasteiger partial charge on any atom is -0.457 e. The zero-order valence-corrected chi connectivity index (χ0v) is 11.7. The molecule has 0 bridgehead atoms. The summed E-state index contributed by atoms with van der Waals surface area (Å²) in [6.07, 6.45) is 5.50. The Morgan fingerprint density at radius 3 is 2.42 bits per heavy atom. The van der Waals surface area contributed by atoms with E-state index < -0.39 is 23.3 Å². The number of rotatable bonds is 1. The van der Waals surface area contributed by atoms with E-state index in [0.29, 0.717) is 12.8 Å². The van der Waals surface area contributed by atoms with Crippen LogP contribution < -0.4 is 0 Å². The molecule has 0 aromatic rings. The first kappa shape index (κ1) is 13.9. The van der Waals surface area contributed by atoms with Crippen molar-refractivity contribution in [2.45, 2.75) is 64.3 Å². The molecular weight excluding hydrogens is 248 g/mol. The van der Waals surface area contributed by atoms with Gasteiger partial charge in [0.25, 0.3) is 5.79 Å². The van der Waals surface area contributed by atoms with Crippen LogP contribution in [-0.2, 0) is 23.8 Å². The zero-order chi connectivity index (χ0) is 14.1. The van der Waals surface area contributed by atoms with Gasteiger partial charge in [0.1, 0.15) is 5.60 Å². The van der Waals surface area contributed by atoms with Crippen molar-refractivity contribution in [3.8, 4) is 0 Å². The third kappa shape index (κ3) is 3.49. The van der Waals surface area contributed by atoms with E-state index in [9.17, 15) is 9.59 Å². The van der Waals surface area contributed by atoms with Crippen molar-refractivity contribution < 1.29 is 23.8 Å². The summed E-state index contributed by atoms with van der Waals surface area (Å²) in [6, 6.07) is 0. The smallest absolute Gasteiger partial charge is 0.377 e. The summed E-state index contributed by atoms with van der Waals surface area (Å²) in [4.78, 5) is 23.4. The predicted molar refractivity (Wildman–Crippen MR) is 66.9 cm³/mol. The van der Waals surface area contributed by atoms with Gasteiger partial charge in [0, 0.05) is 12.8 Å². The molecule has 2 rings (SSSR count). The largest absolute Gasteiger partial charge is 0.457 e. The molecule has 0 aromatic heterocycles. The fraction of sp³-hybridized carbons (Fsp3) is 0.714. The van der Waals surface area contributed by atoms with Gasteiger partial charge in [0.15, 0.2) is 0 Å². The SMILES string of the molecule is CC(C)(C)OC(=O)/C=C1\OC2(CCCCC2)OC1=O. The third-order valence-corrected chi connectivity index (χ3v) is 3.05. The van der Waals surface area contributed by atoms with Gasteiger partial charge in [-0.05, 0) is 33.6 Å². The number of carbonyl (C=O) groups is 2. The van der Waals surface area contributed by atoms with Crippen LogP contribution in [-0.4, -0.2) is 23.3 Å². The lowest BCUT2D eigenvalue weighted by Gasteiger charge is -2.29. The standard InChI is InChI=1S/C14H20O5/c1-13(2,3)18-11(15)9-10-12(16)19-14(17-10)7-5-4-6-8-14/h9H,4-8H2,1-3H3/b10-9-. The Hall–Kier alpha value is -1.52. The number of hydrogen-bond donors (Lipinski definition) is 0. The Morgan fingerprint density at radius 2 is 1.84 bits per heavy atom.